The van der Waals surface area contributed by atoms with E-state index in [1.807, 2.05) is 6.07 Å². The lowest BCUT2D eigenvalue weighted by atomic mass is 9.85. The number of likely N-dealkylation sites (N-methyl/N-ethyl adjacent to an activating group) is 1. The number of halogens is 2. The van der Waals surface area contributed by atoms with Crippen LogP contribution in [0.4, 0.5) is 4.39 Å². The molecule has 1 fully saturated rings. The molecule has 0 aromatic heterocycles. The highest BCUT2D eigenvalue weighted by Gasteiger charge is 2.22. The molecular formula is C19H32FIN4. The first kappa shape index (κ1) is 22.2. The van der Waals surface area contributed by atoms with Gasteiger partial charge in [0.25, 0.3) is 0 Å². The van der Waals surface area contributed by atoms with Crippen molar-refractivity contribution in [3.05, 3.63) is 35.6 Å². The second kappa shape index (κ2) is 10.3. The Balaban J connectivity index is 0.00000312. The number of benzene rings is 1. The average molecular weight is 462 g/mol. The van der Waals surface area contributed by atoms with Crippen molar-refractivity contribution in [2.75, 3.05) is 33.2 Å². The molecule has 1 atom stereocenters. The molecule has 1 aliphatic rings. The van der Waals surface area contributed by atoms with E-state index >= 15 is 0 Å². The summed E-state index contributed by atoms with van der Waals surface area (Å²) in [6, 6.07) is 7.38. The topological polar surface area (TPSA) is 39.7 Å². The third kappa shape index (κ3) is 6.73. The van der Waals surface area contributed by atoms with Gasteiger partial charge in [-0.1, -0.05) is 26.0 Å². The Bertz CT molecular complexity index is 562. The van der Waals surface area contributed by atoms with E-state index in [0.29, 0.717) is 12.6 Å². The maximum atomic E-state index is 13.5. The quantitative estimate of drug-likeness (QED) is 0.387. The van der Waals surface area contributed by atoms with Crippen LogP contribution in [0.1, 0.15) is 39.2 Å². The first-order valence-corrected chi connectivity index (χ1v) is 8.91. The Kier molecular flexibility index (Phi) is 9.13. The van der Waals surface area contributed by atoms with Gasteiger partial charge in [0.1, 0.15) is 5.82 Å². The van der Waals surface area contributed by atoms with Crippen molar-refractivity contribution < 1.29 is 4.39 Å². The van der Waals surface area contributed by atoms with Crippen molar-refractivity contribution in [1.29, 1.82) is 0 Å². The van der Waals surface area contributed by atoms with E-state index in [1.165, 1.54) is 25.5 Å². The number of rotatable bonds is 6. The van der Waals surface area contributed by atoms with E-state index in [-0.39, 0.29) is 35.2 Å². The molecule has 1 aromatic carbocycles. The highest BCUT2D eigenvalue weighted by atomic mass is 127. The van der Waals surface area contributed by atoms with Gasteiger partial charge in [-0.25, -0.2) is 4.39 Å². The molecule has 0 saturated carbocycles. The molecule has 6 heteroatoms. The van der Waals surface area contributed by atoms with Crippen LogP contribution in [0.15, 0.2) is 29.3 Å². The Hall–Kier alpha value is -0.890. The van der Waals surface area contributed by atoms with Gasteiger partial charge in [0.2, 0.25) is 0 Å². The van der Waals surface area contributed by atoms with Gasteiger partial charge < -0.3 is 15.5 Å². The number of hydrogen-bond acceptors (Lipinski definition) is 2. The SMILES string of the molecule is CCNC(=NCC(C)(C)c1cccc(F)c1)NCC1CCCN1C.I. The largest absolute Gasteiger partial charge is 0.357 e. The van der Waals surface area contributed by atoms with Gasteiger partial charge in [-0.15, -0.1) is 24.0 Å². The molecule has 0 amide bonds. The van der Waals surface area contributed by atoms with Crippen molar-refractivity contribution in [2.24, 2.45) is 4.99 Å². The molecule has 0 aliphatic carbocycles. The van der Waals surface area contributed by atoms with E-state index in [1.54, 1.807) is 12.1 Å². The molecule has 2 rings (SSSR count). The highest BCUT2D eigenvalue weighted by molar-refractivity contribution is 14.0. The normalized spacial score (nSPS) is 18.8. The monoisotopic (exact) mass is 462 g/mol. The van der Waals surface area contributed by atoms with Gasteiger partial charge in [0.15, 0.2) is 5.96 Å². The second-order valence-corrected chi connectivity index (χ2v) is 7.25. The number of hydrogen-bond donors (Lipinski definition) is 2. The smallest absolute Gasteiger partial charge is 0.191 e. The molecule has 4 nitrogen and oxygen atoms in total. The molecule has 1 aliphatic heterocycles. The van der Waals surface area contributed by atoms with Crippen LogP contribution in [0.25, 0.3) is 0 Å². The fourth-order valence-corrected chi connectivity index (χ4v) is 3.07. The maximum Gasteiger partial charge on any atom is 0.191 e. The molecule has 1 aromatic rings. The minimum Gasteiger partial charge on any atom is -0.357 e. The third-order valence-electron chi connectivity index (χ3n) is 4.76. The molecule has 2 N–H and O–H groups in total. The standard InChI is InChI=1S/C19H31FN4.HI/c1-5-21-18(22-13-17-10-7-11-24(17)4)23-14-19(2,3)15-8-6-9-16(20)12-15;/h6,8-9,12,17H,5,7,10-11,13-14H2,1-4H3,(H2,21,22,23);1H. The summed E-state index contributed by atoms with van der Waals surface area (Å²) >= 11 is 0. The van der Waals surface area contributed by atoms with Crippen LogP contribution in [0.3, 0.4) is 0 Å². The van der Waals surface area contributed by atoms with Crippen LogP contribution in [0.2, 0.25) is 0 Å². The van der Waals surface area contributed by atoms with Crippen LogP contribution in [-0.2, 0) is 5.41 Å². The number of nitrogens with one attached hydrogen (secondary N) is 2. The van der Waals surface area contributed by atoms with Crippen molar-refractivity contribution in [3.63, 3.8) is 0 Å². The van der Waals surface area contributed by atoms with Crippen LogP contribution in [0.5, 0.6) is 0 Å². The van der Waals surface area contributed by atoms with Crippen molar-refractivity contribution in [3.8, 4) is 0 Å². The Morgan fingerprint density at radius 3 is 2.72 bits per heavy atom. The van der Waals surface area contributed by atoms with E-state index in [0.717, 1.165) is 24.6 Å². The highest BCUT2D eigenvalue weighted by Crippen LogP contribution is 2.24. The number of aliphatic imine (C=N–C) groups is 1. The lowest BCUT2D eigenvalue weighted by Crippen LogP contribution is -2.44. The molecule has 0 radical (unpaired) electrons. The van der Waals surface area contributed by atoms with Crippen LogP contribution >= 0.6 is 24.0 Å². The van der Waals surface area contributed by atoms with E-state index in [9.17, 15) is 4.39 Å². The Morgan fingerprint density at radius 1 is 1.36 bits per heavy atom. The first-order valence-electron chi connectivity index (χ1n) is 8.91. The van der Waals surface area contributed by atoms with Gasteiger partial charge in [-0.05, 0) is 51.1 Å². The van der Waals surface area contributed by atoms with Crippen molar-refractivity contribution in [2.45, 2.75) is 45.1 Å². The fourth-order valence-electron chi connectivity index (χ4n) is 3.07. The Labute approximate surface area is 168 Å². The van der Waals surface area contributed by atoms with Gasteiger partial charge in [-0.3, -0.25) is 4.99 Å². The lowest BCUT2D eigenvalue weighted by molar-refractivity contribution is 0.309. The number of nitrogens with zero attached hydrogens (tertiary/aromatic N) is 2. The summed E-state index contributed by atoms with van der Waals surface area (Å²) in [4.78, 5) is 7.13. The predicted molar refractivity (Wildman–Crippen MR) is 114 cm³/mol. The zero-order valence-corrected chi connectivity index (χ0v) is 18.1. The molecular weight excluding hydrogens is 430 g/mol. The molecule has 25 heavy (non-hydrogen) atoms. The summed E-state index contributed by atoms with van der Waals surface area (Å²) in [6.45, 7) is 9.77. The summed E-state index contributed by atoms with van der Waals surface area (Å²) in [5, 5.41) is 6.75. The van der Waals surface area contributed by atoms with Crippen molar-refractivity contribution in [1.82, 2.24) is 15.5 Å². The summed E-state index contributed by atoms with van der Waals surface area (Å²) in [5.74, 6) is 0.640. The lowest BCUT2D eigenvalue weighted by Gasteiger charge is -2.25. The summed E-state index contributed by atoms with van der Waals surface area (Å²) in [5.41, 5.74) is 0.756. The maximum absolute atomic E-state index is 13.5. The van der Waals surface area contributed by atoms with Gasteiger partial charge in [0, 0.05) is 24.5 Å². The number of likely N-dealkylation sites (tertiary alicyclic amines) is 1. The van der Waals surface area contributed by atoms with E-state index < -0.39 is 0 Å². The molecule has 0 bridgehead atoms. The number of guanidine groups is 1. The summed E-state index contributed by atoms with van der Waals surface area (Å²) < 4.78 is 13.5. The van der Waals surface area contributed by atoms with Crippen LogP contribution in [-0.4, -0.2) is 50.1 Å². The van der Waals surface area contributed by atoms with Gasteiger partial charge in [-0.2, -0.15) is 0 Å². The molecule has 1 saturated heterocycles. The zero-order chi connectivity index (χ0) is 17.6. The molecule has 1 unspecified atom stereocenters. The van der Waals surface area contributed by atoms with Crippen LogP contribution in [0, 0.1) is 5.82 Å². The van der Waals surface area contributed by atoms with E-state index in [4.69, 9.17) is 4.99 Å². The molecule has 142 valence electrons. The molecule has 0 spiro atoms. The zero-order valence-electron chi connectivity index (χ0n) is 15.8. The van der Waals surface area contributed by atoms with E-state index in [2.05, 4.69) is 43.4 Å². The minimum absolute atomic E-state index is 0. The van der Waals surface area contributed by atoms with Gasteiger partial charge >= 0.3 is 0 Å². The second-order valence-electron chi connectivity index (χ2n) is 7.25. The predicted octanol–water partition coefficient (Wildman–Crippen LogP) is 3.37. The Morgan fingerprint density at radius 2 is 2.12 bits per heavy atom. The summed E-state index contributed by atoms with van der Waals surface area (Å²) in [6.07, 6.45) is 2.50. The van der Waals surface area contributed by atoms with Crippen LogP contribution < -0.4 is 10.6 Å². The fraction of sp³-hybridized carbons (Fsp3) is 0.632. The van der Waals surface area contributed by atoms with Crippen molar-refractivity contribution >= 4 is 29.9 Å². The van der Waals surface area contributed by atoms with Gasteiger partial charge in [0.05, 0.1) is 6.54 Å². The summed E-state index contributed by atoms with van der Waals surface area (Å²) in [7, 11) is 2.18. The third-order valence-corrected chi connectivity index (χ3v) is 4.76. The average Bonchev–Trinajstić information content (AvgIpc) is 2.95. The first-order chi connectivity index (χ1) is 11.4. The minimum atomic E-state index is -0.214. The molecule has 1 heterocycles.